The molecule has 0 unspecified atom stereocenters. The van der Waals surface area contributed by atoms with Crippen LogP contribution in [0.25, 0.3) is 10.8 Å². The monoisotopic (exact) mass is 346 g/mol. The van der Waals surface area contributed by atoms with Crippen molar-refractivity contribution in [2.45, 2.75) is 43.9 Å². The SMILES string of the molecule is c1cnc(-c2nc(CN[C@@H]3CCOC4(CCOCC4)C3)cs2)nc1. The first-order valence-corrected chi connectivity index (χ1v) is 9.38. The van der Waals surface area contributed by atoms with Gasteiger partial charge in [0, 0.05) is 50.2 Å². The van der Waals surface area contributed by atoms with E-state index in [0.29, 0.717) is 11.9 Å². The zero-order valence-corrected chi connectivity index (χ0v) is 14.4. The zero-order chi connectivity index (χ0) is 16.2. The Morgan fingerprint density at radius 2 is 2.04 bits per heavy atom. The van der Waals surface area contributed by atoms with E-state index >= 15 is 0 Å². The Morgan fingerprint density at radius 3 is 2.88 bits per heavy atom. The molecule has 2 aromatic rings. The second-order valence-corrected chi connectivity index (χ2v) is 7.29. The summed E-state index contributed by atoms with van der Waals surface area (Å²) < 4.78 is 11.6. The molecule has 4 rings (SSSR count). The van der Waals surface area contributed by atoms with Crippen molar-refractivity contribution in [2.75, 3.05) is 19.8 Å². The van der Waals surface area contributed by atoms with Gasteiger partial charge >= 0.3 is 0 Å². The molecule has 24 heavy (non-hydrogen) atoms. The van der Waals surface area contributed by atoms with Gasteiger partial charge in [0.25, 0.3) is 0 Å². The summed E-state index contributed by atoms with van der Waals surface area (Å²) in [6.07, 6.45) is 7.64. The molecule has 2 fully saturated rings. The number of rotatable bonds is 4. The van der Waals surface area contributed by atoms with Crippen LogP contribution in [0.5, 0.6) is 0 Å². The number of aromatic nitrogens is 3. The van der Waals surface area contributed by atoms with Gasteiger partial charge in [-0.1, -0.05) is 0 Å². The summed E-state index contributed by atoms with van der Waals surface area (Å²) in [6.45, 7) is 3.25. The molecule has 0 radical (unpaired) electrons. The number of nitrogens with zero attached hydrogens (tertiary/aromatic N) is 3. The van der Waals surface area contributed by atoms with Gasteiger partial charge in [0.15, 0.2) is 10.8 Å². The largest absolute Gasteiger partial charge is 0.381 e. The normalized spacial score (nSPS) is 23.4. The first kappa shape index (κ1) is 16.1. The molecule has 128 valence electrons. The second kappa shape index (κ2) is 7.23. The molecule has 1 spiro atoms. The zero-order valence-electron chi connectivity index (χ0n) is 13.6. The third-order valence-corrected chi connectivity index (χ3v) is 5.66. The fraction of sp³-hybridized carbons (Fsp3) is 0.588. The summed E-state index contributed by atoms with van der Waals surface area (Å²) in [4.78, 5) is 13.2. The molecular formula is C17H22N4O2S. The third-order valence-electron chi connectivity index (χ3n) is 4.78. The molecule has 0 aliphatic carbocycles. The first-order chi connectivity index (χ1) is 11.8. The van der Waals surface area contributed by atoms with Crippen LogP contribution in [0, 0.1) is 0 Å². The van der Waals surface area contributed by atoms with E-state index in [0.717, 1.165) is 62.8 Å². The maximum absolute atomic E-state index is 6.10. The van der Waals surface area contributed by atoms with Gasteiger partial charge in [0.05, 0.1) is 11.3 Å². The minimum Gasteiger partial charge on any atom is -0.381 e. The molecule has 1 N–H and O–H groups in total. The molecular weight excluding hydrogens is 324 g/mol. The Balaban J connectivity index is 1.34. The standard InChI is InChI=1S/C17H22N4O2S/c1-5-18-15(19-6-1)16-21-14(12-24-16)11-20-13-2-7-23-17(10-13)3-8-22-9-4-17/h1,5-6,12-13,20H,2-4,7-11H2/t13-/m1/s1. The maximum atomic E-state index is 6.10. The molecule has 0 aromatic carbocycles. The van der Waals surface area contributed by atoms with Crippen LogP contribution in [0.2, 0.25) is 0 Å². The van der Waals surface area contributed by atoms with Crippen molar-refractivity contribution in [1.82, 2.24) is 20.3 Å². The first-order valence-electron chi connectivity index (χ1n) is 8.50. The van der Waals surface area contributed by atoms with Gasteiger partial charge in [0.2, 0.25) is 0 Å². The van der Waals surface area contributed by atoms with E-state index in [2.05, 4.69) is 25.6 Å². The van der Waals surface area contributed by atoms with Crippen molar-refractivity contribution in [1.29, 1.82) is 0 Å². The molecule has 4 heterocycles. The van der Waals surface area contributed by atoms with Crippen molar-refractivity contribution in [3.05, 3.63) is 29.5 Å². The predicted molar refractivity (Wildman–Crippen MR) is 91.7 cm³/mol. The molecule has 0 saturated carbocycles. The molecule has 0 bridgehead atoms. The molecule has 0 amide bonds. The van der Waals surface area contributed by atoms with Crippen LogP contribution in [-0.4, -0.2) is 46.4 Å². The fourth-order valence-corrected chi connectivity index (χ4v) is 4.21. The van der Waals surface area contributed by atoms with Crippen LogP contribution in [0.15, 0.2) is 23.8 Å². The fourth-order valence-electron chi connectivity index (χ4n) is 3.44. The summed E-state index contributed by atoms with van der Waals surface area (Å²) in [5.41, 5.74) is 1.08. The lowest BCUT2D eigenvalue weighted by Gasteiger charge is -2.43. The summed E-state index contributed by atoms with van der Waals surface area (Å²) in [5, 5.41) is 6.62. The van der Waals surface area contributed by atoms with Crippen molar-refractivity contribution < 1.29 is 9.47 Å². The number of thiazole rings is 1. The number of hydrogen-bond donors (Lipinski definition) is 1. The van der Waals surface area contributed by atoms with Gasteiger partial charge in [-0.25, -0.2) is 15.0 Å². The maximum Gasteiger partial charge on any atom is 0.188 e. The van der Waals surface area contributed by atoms with Crippen LogP contribution in [-0.2, 0) is 16.0 Å². The van der Waals surface area contributed by atoms with Gasteiger partial charge in [-0.15, -0.1) is 11.3 Å². The van der Waals surface area contributed by atoms with Crippen molar-refractivity contribution in [2.24, 2.45) is 0 Å². The van der Waals surface area contributed by atoms with Crippen LogP contribution >= 0.6 is 11.3 Å². The third kappa shape index (κ3) is 3.64. The lowest BCUT2D eigenvalue weighted by atomic mass is 9.84. The van der Waals surface area contributed by atoms with E-state index in [9.17, 15) is 0 Å². The summed E-state index contributed by atoms with van der Waals surface area (Å²) >= 11 is 1.59. The molecule has 2 aliphatic heterocycles. The van der Waals surface area contributed by atoms with Crippen LogP contribution in [0.4, 0.5) is 0 Å². The van der Waals surface area contributed by atoms with E-state index < -0.39 is 0 Å². The van der Waals surface area contributed by atoms with Gasteiger partial charge < -0.3 is 14.8 Å². The minimum atomic E-state index is 0.0271. The highest BCUT2D eigenvalue weighted by Gasteiger charge is 2.38. The van der Waals surface area contributed by atoms with Crippen molar-refractivity contribution >= 4 is 11.3 Å². The van der Waals surface area contributed by atoms with Gasteiger partial charge in [-0.05, 0) is 31.7 Å². The smallest absolute Gasteiger partial charge is 0.188 e. The van der Waals surface area contributed by atoms with Gasteiger partial charge in [-0.3, -0.25) is 0 Å². The quantitative estimate of drug-likeness (QED) is 0.917. The van der Waals surface area contributed by atoms with E-state index in [4.69, 9.17) is 9.47 Å². The highest BCUT2D eigenvalue weighted by molar-refractivity contribution is 7.13. The molecule has 2 aliphatic rings. The Morgan fingerprint density at radius 1 is 1.21 bits per heavy atom. The topological polar surface area (TPSA) is 69.2 Å². The van der Waals surface area contributed by atoms with E-state index in [1.165, 1.54) is 0 Å². The Kier molecular flexibility index (Phi) is 4.84. The number of ether oxygens (including phenoxy) is 2. The number of hydrogen-bond acceptors (Lipinski definition) is 7. The average molecular weight is 346 g/mol. The molecule has 6 nitrogen and oxygen atoms in total. The van der Waals surface area contributed by atoms with E-state index in [-0.39, 0.29) is 5.60 Å². The van der Waals surface area contributed by atoms with Crippen LogP contribution in [0.3, 0.4) is 0 Å². The minimum absolute atomic E-state index is 0.0271. The predicted octanol–water partition coefficient (Wildman–Crippen LogP) is 2.42. The van der Waals surface area contributed by atoms with Crippen molar-refractivity contribution in [3.63, 3.8) is 0 Å². The molecule has 1 atom stereocenters. The average Bonchev–Trinajstić information content (AvgIpc) is 3.11. The Bertz CT molecular complexity index is 652. The Hall–Kier alpha value is -1.41. The van der Waals surface area contributed by atoms with Gasteiger partial charge in [0.1, 0.15) is 0 Å². The van der Waals surface area contributed by atoms with E-state index in [1.807, 2.05) is 6.07 Å². The lowest BCUT2D eigenvalue weighted by Crippen LogP contribution is -2.49. The molecule has 7 heteroatoms. The summed E-state index contributed by atoms with van der Waals surface area (Å²) in [6, 6.07) is 2.30. The second-order valence-electron chi connectivity index (χ2n) is 6.43. The highest BCUT2D eigenvalue weighted by atomic mass is 32.1. The molecule has 2 saturated heterocycles. The highest BCUT2D eigenvalue weighted by Crippen LogP contribution is 2.34. The lowest BCUT2D eigenvalue weighted by molar-refractivity contribution is -0.140. The molecule has 2 aromatic heterocycles. The Labute approximate surface area is 145 Å². The summed E-state index contributed by atoms with van der Waals surface area (Å²) in [5.74, 6) is 0.695. The number of nitrogens with one attached hydrogen (secondary N) is 1. The van der Waals surface area contributed by atoms with E-state index in [1.54, 1.807) is 23.7 Å². The van der Waals surface area contributed by atoms with Gasteiger partial charge in [-0.2, -0.15) is 0 Å². The van der Waals surface area contributed by atoms with Crippen LogP contribution in [0.1, 0.15) is 31.4 Å². The van der Waals surface area contributed by atoms with Crippen molar-refractivity contribution in [3.8, 4) is 10.8 Å². The summed E-state index contributed by atoms with van der Waals surface area (Å²) in [7, 11) is 0. The van der Waals surface area contributed by atoms with Crippen LogP contribution < -0.4 is 5.32 Å².